The first-order valence-electron chi connectivity index (χ1n) is 13.3. The van der Waals surface area contributed by atoms with Gasteiger partial charge in [-0.1, -0.05) is 77.8 Å². The average Bonchev–Trinajstić information content (AvgIpc) is 2.94. The minimum absolute atomic E-state index is 0.129. The summed E-state index contributed by atoms with van der Waals surface area (Å²) in [7, 11) is 0. The van der Waals surface area contributed by atoms with E-state index < -0.39 is 6.04 Å². The number of nitrogens with zero attached hydrogens (tertiary/aromatic N) is 1. The summed E-state index contributed by atoms with van der Waals surface area (Å²) in [5, 5.41) is 3.70. The number of rotatable bonds is 11. The number of amides is 2. The van der Waals surface area contributed by atoms with Crippen LogP contribution in [0, 0.1) is 5.82 Å². The van der Waals surface area contributed by atoms with Crippen LogP contribution in [0.1, 0.15) is 48.8 Å². The van der Waals surface area contributed by atoms with Crippen LogP contribution in [0.3, 0.4) is 0 Å². The highest BCUT2D eigenvalue weighted by Crippen LogP contribution is 2.20. The molecule has 1 aliphatic rings. The summed E-state index contributed by atoms with van der Waals surface area (Å²) in [6.45, 7) is 0.731. The predicted octanol–water partition coefficient (Wildman–Crippen LogP) is 6.67. The summed E-state index contributed by atoms with van der Waals surface area (Å²) < 4.78 is 13.6. The molecule has 1 N–H and O–H groups in total. The molecule has 2 amide bonds. The molecular weight excluding hydrogens is 499 g/mol. The van der Waals surface area contributed by atoms with E-state index in [0.29, 0.717) is 18.0 Å². The molecule has 0 radical (unpaired) electrons. The van der Waals surface area contributed by atoms with Gasteiger partial charge in [0.2, 0.25) is 11.8 Å². The van der Waals surface area contributed by atoms with Crippen LogP contribution in [0.5, 0.6) is 0 Å². The van der Waals surface area contributed by atoms with Crippen LogP contribution in [0.25, 0.3) is 0 Å². The Bertz CT molecular complexity index is 1230. The second-order valence-electron chi connectivity index (χ2n) is 9.81. The van der Waals surface area contributed by atoms with Crippen molar-refractivity contribution in [2.24, 2.45) is 0 Å². The third-order valence-electron chi connectivity index (χ3n) is 6.94. The van der Waals surface area contributed by atoms with Crippen molar-refractivity contribution in [3.63, 3.8) is 0 Å². The molecule has 198 valence electrons. The molecule has 0 fully saturated rings. The number of allylic oxidation sites excluding steroid dienone is 1. The van der Waals surface area contributed by atoms with E-state index in [9.17, 15) is 14.0 Å². The zero-order valence-corrected chi connectivity index (χ0v) is 22.3. The van der Waals surface area contributed by atoms with Gasteiger partial charge in [-0.05, 0) is 73.1 Å². The van der Waals surface area contributed by atoms with E-state index in [2.05, 4.69) is 11.4 Å². The highest BCUT2D eigenvalue weighted by molar-refractivity contribution is 6.30. The van der Waals surface area contributed by atoms with Crippen molar-refractivity contribution in [3.8, 4) is 0 Å². The molecule has 0 aromatic heterocycles. The Labute approximate surface area is 229 Å². The average molecular weight is 533 g/mol. The van der Waals surface area contributed by atoms with Crippen LogP contribution in [0.2, 0.25) is 5.02 Å². The maximum absolute atomic E-state index is 13.8. The lowest BCUT2D eigenvalue weighted by Crippen LogP contribution is -2.51. The molecule has 3 aromatic rings. The minimum atomic E-state index is -0.720. The second-order valence-corrected chi connectivity index (χ2v) is 10.2. The number of carbonyl (C=O) groups is 2. The van der Waals surface area contributed by atoms with Crippen LogP contribution < -0.4 is 5.32 Å². The zero-order chi connectivity index (χ0) is 26.7. The SMILES string of the molecule is O=C(NCCC1=CCCCC1)C(Cc1ccccc1)N(Cc1ccc(F)cc1)C(=O)Cc1ccc(Cl)cc1. The van der Waals surface area contributed by atoms with E-state index in [-0.39, 0.29) is 30.6 Å². The molecule has 0 aliphatic heterocycles. The van der Waals surface area contributed by atoms with Gasteiger partial charge in [-0.3, -0.25) is 9.59 Å². The predicted molar refractivity (Wildman–Crippen MR) is 150 cm³/mol. The fraction of sp³-hybridized carbons (Fsp3) is 0.312. The van der Waals surface area contributed by atoms with Crippen molar-refractivity contribution in [1.29, 1.82) is 0 Å². The van der Waals surface area contributed by atoms with E-state index in [4.69, 9.17) is 11.6 Å². The first-order chi connectivity index (χ1) is 18.5. The minimum Gasteiger partial charge on any atom is -0.354 e. The van der Waals surface area contributed by atoms with Crippen LogP contribution in [-0.4, -0.2) is 29.3 Å². The molecule has 3 aromatic carbocycles. The van der Waals surface area contributed by atoms with Gasteiger partial charge in [0, 0.05) is 24.5 Å². The van der Waals surface area contributed by atoms with Crippen molar-refractivity contribution >= 4 is 23.4 Å². The van der Waals surface area contributed by atoms with E-state index in [1.54, 1.807) is 29.2 Å². The summed E-state index contributed by atoms with van der Waals surface area (Å²) in [5.74, 6) is -0.706. The van der Waals surface area contributed by atoms with Crippen LogP contribution >= 0.6 is 11.6 Å². The Morgan fingerprint density at radius 1 is 0.895 bits per heavy atom. The molecule has 1 aliphatic carbocycles. The fourth-order valence-corrected chi connectivity index (χ4v) is 4.94. The van der Waals surface area contributed by atoms with Gasteiger partial charge in [-0.15, -0.1) is 0 Å². The van der Waals surface area contributed by atoms with Crippen molar-refractivity contribution in [1.82, 2.24) is 10.2 Å². The van der Waals surface area contributed by atoms with Gasteiger partial charge in [-0.25, -0.2) is 4.39 Å². The molecule has 38 heavy (non-hydrogen) atoms. The van der Waals surface area contributed by atoms with Gasteiger partial charge in [0.05, 0.1) is 6.42 Å². The maximum Gasteiger partial charge on any atom is 0.243 e. The molecule has 0 saturated carbocycles. The topological polar surface area (TPSA) is 49.4 Å². The van der Waals surface area contributed by atoms with Crippen LogP contribution in [0.15, 0.2) is 90.5 Å². The molecule has 1 unspecified atom stereocenters. The summed E-state index contributed by atoms with van der Waals surface area (Å²) in [6.07, 6.45) is 8.22. The van der Waals surface area contributed by atoms with Gasteiger partial charge >= 0.3 is 0 Å². The quantitative estimate of drug-likeness (QED) is 0.280. The van der Waals surface area contributed by atoms with Gasteiger partial charge < -0.3 is 10.2 Å². The summed E-state index contributed by atoms with van der Waals surface area (Å²) in [6, 6.07) is 22.2. The maximum atomic E-state index is 13.8. The normalized spacial score (nSPS) is 13.9. The number of hydrogen-bond donors (Lipinski definition) is 1. The Hall–Kier alpha value is -3.44. The van der Waals surface area contributed by atoms with Gasteiger partial charge in [0.25, 0.3) is 0 Å². The highest BCUT2D eigenvalue weighted by atomic mass is 35.5. The standard InChI is InChI=1S/C32H34ClFN2O2/c33-28-15-11-26(12-16-28)22-31(37)36(23-27-13-17-29(34)18-14-27)30(21-25-9-5-2-6-10-25)32(38)35-20-19-24-7-3-1-4-8-24/h2,5-7,9-18,30H,1,3-4,8,19-23H2,(H,35,38). The number of carbonyl (C=O) groups excluding carboxylic acids is 2. The van der Waals surface area contributed by atoms with Crippen LogP contribution in [0.4, 0.5) is 4.39 Å². The first kappa shape index (κ1) is 27.6. The largest absolute Gasteiger partial charge is 0.354 e. The molecule has 0 saturated heterocycles. The number of hydrogen-bond acceptors (Lipinski definition) is 2. The first-order valence-corrected chi connectivity index (χ1v) is 13.6. The van der Waals surface area contributed by atoms with Crippen molar-refractivity contribution in [2.45, 2.75) is 57.5 Å². The molecule has 4 nitrogen and oxygen atoms in total. The zero-order valence-electron chi connectivity index (χ0n) is 21.5. The lowest BCUT2D eigenvalue weighted by atomic mass is 9.97. The lowest BCUT2D eigenvalue weighted by Gasteiger charge is -2.32. The van der Waals surface area contributed by atoms with Gasteiger partial charge in [-0.2, -0.15) is 0 Å². The molecule has 6 heteroatoms. The van der Waals surface area contributed by atoms with E-state index >= 15 is 0 Å². The fourth-order valence-electron chi connectivity index (χ4n) is 4.81. The Balaban J connectivity index is 1.58. The lowest BCUT2D eigenvalue weighted by molar-refractivity contribution is -0.140. The van der Waals surface area contributed by atoms with E-state index in [1.165, 1.54) is 30.5 Å². The summed E-state index contributed by atoms with van der Waals surface area (Å²) >= 11 is 6.03. The molecule has 0 heterocycles. The van der Waals surface area contributed by atoms with E-state index in [1.807, 2.05) is 42.5 Å². The smallest absolute Gasteiger partial charge is 0.243 e. The van der Waals surface area contributed by atoms with Gasteiger partial charge in [0.1, 0.15) is 11.9 Å². The summed E-state index contributed by atoms with van der Waals surface area (Å²) in [4.78, 5) is 29.1. The second kappa shape index (κ2) is 13.9. The number of halogens is 2. The van der Waals surface area contributed by atoms with Crippen LogP contribution in [-0.2, 0) is 29.0 Å². The van der Waals surface area contributed by atoms with Crippen molar-refractivity contribution in [2.75, 3.05) is 6.54 Å². The third kappa shape index (κ3) is 8.29. The Morgan fingerprint density at radius 2 is 1.61 bits per heavy atom. The number of benzene rings is 3. The molecular formula is C32H34ClFN2O2. The monoisotopic (exact) mass is 532 g/mol. The van der Waals surface area contributed by atoms with E-state index in [0.717, 1.165) is 36.0 Å². The molecule has 0 bridgehead atoms. The molecule has 4 rings (SSSR count). The molecule has 1 atom stereocenters. The van der Waals surface area contributed by atoms with Gasteiger partial charge in [0.15, 0.2) is 0 Å². The third-order valence-corrected chi connectivity index (χ3v) is 7.19. The summed E-state index contributed by atoms with van der Waals surface area (Å²) in [5.41, 5.74) is 3.92. The van der Waals surface area contributed by atoms with Crippen molar-refractivity contribution in [3.05, 3.63) is 118 Å². The Kier molecular flexibility index (Phi) is 10.1. The Morgan fingerprint density at radius 3 is 2.29 bits per heavy atom. The number of nitrogens with one attached hydrogen (secondary N) is 1. The molecule has 0 spiro atoms. The highest BCUT2D eigenvalue weighted by Gasteiger charge is 2.30. The van der Waals surface area contributed by atoms with Crippen molar-refractivity contribution < 1.29 is 14.0 Å².